The number of nitrogens with zero attached hydrogens (tertiary/aromatic N) is 3. The third kappa shape index (κ3) is 4.78. The van der Waals surface area contributed by atoms with Gasteiger partial charge in [-0.15, -0.1) is 0 Å². The summed E-state index contributed by atoms with van der Waals surface area (Å²) in [5.74, 6) is 0. The molecule has 0 radical (unpaired) electrons. The second-order valence-corrected chi connectivity index (χ2v) is 8.62. The molecule has 0 aromatic heterocycles. The number of benzene rings is 2. The van der Waals surface area contributed by atoms with Crippen molar-refractivity contribution in [3.63, 3.8) is 0 Å². The molecule has 3 rings (SSSR count). The van der Waals surface area contributed by atoms with Crippen molar-refractivity contribution in [3.05, 3.63) is 63.2 Å². The Kier molecular flexibility index (Phi) is 6.26. The summed E-state index contributed by atoms with van der Waals surface area (Å²) in [5.41, 5.74) is 5.41. The lowest BCUT2D eigenvalue weighted by atomic mass is 10.1. The fourth-order valence-corrected chi connectivity index (χ4v) is 4.42. The molecule has 1 aliphatic heterocycles. The molecule has 0 bridgehead atoms. The molecule has 9 nitrogen and oxygen atoms in total. The van der Waals surface area contributed by atoms with Gasteiger partial charge in [-0.1, -0.05) is 23.8 Å². The average molecular weight is 418 g/mol. The van der Waals surface area contributed by atoms with E-state index in [1.54, 1.807) is 6.21 Å². The number of sulfonamides is 1. The van der Waals surface area contributed by atoms with Crippen LogP contribution in [0.25, 0.3) is 0 Å². The summed E-state index contributed by atoms with van der Waals surface area (Å²) < 4.78 is 31.9. The minimum absolute atomic E-state index is 0.108. The number of morpholine rings is 1. The van der Waals surface area contributed by atoms with Gasteiger partial charge in [-0.05, 0) is 37.1 Å². The minimum atomic E-state index is -3.83. The molecule has 0 atom stereocenters. The van der Waals surface area contributed by atoms with Crippen LogP contribution in [0.5, 0.6) is 0 Å². The number of nitro groups is 1. The average Bonchev–Trinajstić information content (AvgIpc) is 2.70. The van der Waals surface area contributed by atoms with E-state index in [1.807, 2.05) is 32.0 Å². The highest BCUT2D eigenvalue weighted by Gasteiger charge is 2.28. The first-order valence-electron chi connectivity index (χ1n) is 9.02. The van der Waals surface area contributed by atoms with E-state index in [-0.39, 0.29) is 29.4 Å². The van der Waals surface area contributed by atoms with E-state index >= 15 is 0 Å². The van der Waals surface area contributed by atoms with Crippen molar-refractivity contribution in [2.45, 2.75) is 18.7 Å². The van der Waals surface area contributed by atoms with Crippen molar-refractivity contribution in [1.29, 1.82) is 0 Å². The Bertz CT molecular complexity index is 1050. The first kappa shape index (κ1) is 20.9. The van der Waals surface area contributed by atoms with Gasteiger partial charge in [-0.3, -0.25) is 15.5 Å². The van der Waals surface area contributed by atoms with Gasteiger partial charge in [0, 0.05) is 19.2 Å². The van der Waals surface area contributed by atoms with Crippen LogP contribution < -0.4 is 5.43 Å². The van der Waals surface area contributed by atoms with E-state index in [1.165, 1.54) is 16.4 Å². The van der Waals surface area contributed by atoms with E-state index in [2.05, 4.69) is 10.5 Å². The van der Waals surface area contributed by atoms with Crippen molar-refractivity contribution >= 4 is 27.6 Å². The third-order valence-electron chi connectivity index (χ3n) is 4.59. The number of aryl methyl sites for hydroxylation is 2. The number of anilines is 1. The lowest BCUT2D eigenvalue weighted by molar-refractivity contribution is -0.384. The largest absolute Gasteiger partial charge is 0.379 e. The number of hydrogen-bond acceptors (Lipinski definition) is 7. The Morgan fingerprint density at radius 2 is 1.90 bits per heavy atom. The minimum Gasteiger partial charge on any atom is -0.379 e. The number of nitrogens with one attached hydrogen (secondary N) is 1. The number of hydrazone groups is 1. The van der Waals surface area contributed by atoms with Gasteiger partial charge < -0.3 is 4.74 Å². The van der Waals surface area contributed by atoms with Crippen molar-refractivity contribution < 1.29 is 18.1 Å². The number of rotatable bonds is 6. The Balaban J connectivity index is 1.84. The maximum atomic E-state index is 12.7. The molecule has 1 fully saturated rings. The lowest BCUT2D eigenvalue weighted by Crippen LogP contribution is -2.40. The summed E-state index contributed by atoms with van der Waals surface area (Å²) in [4.78, 5) is 10.7. The first-order chi connectivity index (χ1) is 13.8. The zero-order valence-electron chi connectivity index (χ0n) is 16.2. The lowest BCUT2D eigenvalue weighted by Gasteiger charge is -2.26. The van der Waals surface area contributed by atoms with E-state index < -0.39 is 14.9 Å². The highest BCUT2D eigenvalue weighted by molar-refractivity contribution is 7.89. The van der Waals surface area contributed by atoms with Gasteiger partial charge in [0.05, 0.1) is 29.2 Å². The summed E-state index contributed by atoms with van der Waals surface area (Å²) >= 11 is 0. The SMILES string of the molecule is Cc1ccc(/C=N/Nc2ccc(S(=O)(=O)N3CCOCC3)cc2[N+](=O)[O-])c(C)c1. The predicted octanol–water partition coefficient (Wildman–Crippen LogP) is 2.68. The molecule has 0 spiro atoms. The molecular formula is C19H22N4O5S. The molecule has 1 saturated heterocycles. The standard InChI is InChI=1S/C19H22N4O5S/c1-14-3-4-16(15(2)11-14)13-20-21-18-6-5-17(12-19(18)23(24)25)29(26,27)22-7-9-28-10-8-22/h3-6,11-13,21H,7-10H2,1-2H3/b20-13+. The molecule has 0 unspecified atom stereocenters. The molecule has 0 aliphatic carbocycles. The van der Waals surface area contributed by atoms with Crippen molar-refractivity contribution in [3.8, 4) is 0 Å². The molecule has 1 heterocycles. The maximum Gasteiger partial charge on any atom is 0.295 e. The molecule has 29 heavy (non-hydrogen) atoms. The van der Waals surface area contributed by atoms with Crippen LogP contribution in [0.1, 0.15) is 16.7 Å². The van der Waals surface area contributed by atoms with Crippen LogP contribution in [-0.2, 0) is 14.8 Å². The fraction of sp³-hybridized carbons (Fsp3) is 0.316. The summed E-state index contributed by atoms with van der Waals surface area (Å²) in [6.07, 6.45) is 1.57. The van der Waals surface area contributed by atoms with Crippen LogP contribution in [0.15, 0.2) is 46.4 Å². The third-order valence-corrected chi connectivity index (χ3v) is 6.48. The van der Waals surface area contributed by atoms with Crippen LogP contribution in [-0.4, -0.2) is 50.2 Å². The molecule has 2 aromatic carbocycles. The topological polar surface area (TPSA) is 114 Å². The van der Waals surface area contributed by atoms with Gasteiger partial charge in [-0.25, -0.2) is 8.42 Å². The van der Waals surface area contributed by atoms with Gasteiger partial charge in [0.2, 0.25) is 10.0 Å². The van der Waals surface area contributed by atoms with Crippen molar-refractivity contribution in [1.82, 2.24) is 4.31 Å². The monoisotopic (exact) mass is 418 g/mol. The normalized spacial score (nSPS) is 15.5. The predicted molar refractivity (Wildman–Crippen MR) is 110 cm³/mol. The van der Waals surface area contributed by atoms with Gasteiger partial charge in [-0.2, -0.15) is 9.41 Å². The van der Waals surface area contributed by atoms with Crippen LogP contribution in [0, 0.1) is 24.0 Å². The van der Waals surface area contributed by atoms with E-state index in [0.717, 1.165) is 22.8 Å². The van der Waals surface area contributed by atoms with Crippen molar-refractivity contribution in [2.75, 3.05) is 31.7 Å². The molecule has 154 valence electrons. The number of ether oxygens (including phenoxy) is 1. The van der Waals surface area contributed by atoms with Crippen molar-refractivity contribution in [2.24, 2.45) is 5.10 Å². The Morgan fingerprint density at radius 3 is 2.55 bits per heavy atom. The summed E-state index contributed by atoms with van der Waals surface area (Å²) in [5, 5.41) is 15.6. The zero-order valence-corrected chi connectivity index (χ0v) is 17.0. The summed E-state index contributed by atoms with van der Waals surface area (Å²) in [6.45, 7) is 4.97. The van der Waals surface area contributed by atoms with Crippen LogP contribution in [0.3, 0.4) is 0 Å². The smallest absolute Gasteiger partial charge is 0.295 e. The van der Waals surface area contributed by atoms with E-state index in [0.29, 0.717) is 13.2 Å². The van der Waals surface area contributed by atoms with E-state index in [9.17, 15) is 18.5 Å². The molecule has 2 aromatic rings. The van der Waals surface area contributed by atoms with Gasteiger partial charge >= 0.3 is 0 Å². The number of nitro benzene ring substituents is 1. The first-order valence-corrected chi connectivity index (χ1v) is 10.5. The van der Waals surface area contributed by atoms with E-state index in [4.69, 9.17) is 4.74 Å². The number of hydrogen-bond donors (Lipinski definition) is 1. The van der Waals surface area contributed by atoms with Crippen LogP contribution in [0.2, 0.25) is 0 Å². The Hall–Kier alpha value is -2.82. The van der Waals surface area contributed by atoms with Crippen LogP contribution >= 0.6 is 0 Å². The Labute approximate surface area is 169 Å². The molecule has 0 saturated carbocycles. The molecule has 1 aliphatic rings. The Morgan fingerprint density at radius 1 is 1.17 bits per heavy atom. The second kappa shape index (κ2) is 8.68. The zero-order chi connectivity index (χ0) is 21.0. The van der Waals surface area contributed by atoms with Gasteiger partial charge in [0.25, 0.3) is 5.69 Å². The van der Waals surface area contributed by atoms with Gasteiger partial charge in [0.15, 0.2) is 0 Å². The molecular weight excluding hydrogens is 396 g/mol. The highest BCUT2D eigenvalue weighted by Crippen LogP contribution is 2.29. The van der Waals surface area contributed by atoms with Gasteiger partial charge in [0.1, 0.15) is 5.69 Å². The maximum absolute atomic E-state index is 12.7. The molecule has 1 N–H and O–H groups in total. The van der Waals surface area contributed by atoms with Crippen LogP contribution in [0.4, 0.5) is 11.4 Å². The summed E-state index contributed by atoms with van der Waals surface area (Å²) in [7, 11) is -3.83. The fourth-order valence-electron chi connectivity index (χ4n) is 3.00. The summed E-state index contributed by atoms with van der Waals surface area (Å²) in [6, 6.07) is 9.61. The highest BCUT2D eigenvalue weighted by atomic mass is 32.2. The quantitative estimate of drug-likeness (QED) is 0.438. The molecule has 10 heteroatoms. The second-order valence-electron chi connectivity index (χ2n) is 6.68. The molecule has 0 amide bonds.